The highest BCUT2D eigenvalue weighted by Crippen LogP contribution is 2.25. The number of hydrogen-bond donors (Lipinski definition) is 0. The molecule has 0 radical (unpaired) electrons. The Kier molecular flexibility index (Phi) is 5.61. The highest BCUT2D eigenvalue weighted by Gasteiger charge is 2.20. The number of benzene rings is 2. The number of esters is 1. The van der Waals surface area contributed by atoms with E-state index in [1.165, 1.54) is 0 Å². The first-order valence-corrected chi connectivity index (χ1v) is 10.1. The van der Waals surface area contributed by atoms with Crippen molar-refractivity contribution in [3.05, 3.63) is 82.0 Å². The van der Waals surface area contributed by atoms with Gasteiger partial charge in [-0.25, -0.2) is 9.48 Å². The van der Waals surface area contributed by atoms with Gasteiger partial charge >= 0.3 is 5.97 Å². The van der Waals surface area contributed by atoms with Crippen molar-refractivity contribution in [3.8, 4) is 17.1 Å². The minimum atomic E-state index is -0.686. The topological polar surface area (TPSA) is 83.0 Å². The molecule has 1 atom stereocenters. The van der Waals surface area contributed by atoms with E-state index in [-0.39, 0.29) is 5.89 Å². The van der Waals surface area contributed by atoms with Crippen LogP contribution in [-0.2, 0) is 4.74 Å². The predicted molar refractivity (Wildman–Crippen MR) is 116 cm³/mol. The Morgan fingerprint density at radius 3 is 2.32 bits per heavy atom. The molecule has 2 aromatic carbocycles. The van der Waals surface area contributed by atoms with Crippen LogP contribution in [0.15, 0.2) is 52.9 Å². The van der Waals surface area contributed by atoms with Gasteiger partial charge in [-0.1, -0.05) is 29.3 Å². The standard InChI is InChI=1S/C23H21ClN4O3/c1-13-5-7-17(8-6-13)22-26-25-21(31-22)16(4)30-23(29)18-9-11-19(12-10-18)28-15(3)20(24)14(2)27-28/h5-12,16H,1-4H3. The predicted octanol–water partition coefficient (Wildman–Crippen LogP) is 5.42. The maximum Gasteiger partial charge on any atom is 0.338 e. The molecule has 0 spiro atoms. The normalized spacial score (nSPS) is 12.0. The van der Waals surface area contributed by atoms with E-state index in [2.05, 4.69) is 15.3 Å². The molecule has 31 heavy (non-hydrogen) atoms. The number of nitrogens with zero attached hydrogens (tertiary/aromatic N) is 4. The molecular formula is C23H21ClN4O3. The number of ether oxygens (including phenoxy) is 1. The van der Waals surface area contributed by atoms with E-state index in [4.69, 9.17) is 20.8 Å². The Balaban J connectivity index is 1.45. The van der Waals surface area contributed by atoms with E-state index in [1.807, 2.05) is 45.0 Å². The van der Waals surface area contributed by atoms with Crippen LogP contribution < -0.4 is 0 Å². The van der Waals surface area contributed by atoms with Crippen molar-refractivity contribution in [1.82, 2.24) is 20.0 Å². The van der Waals surface area contributed by atoms with E-state index in [1.54, 1.807) is 35.9 Å². The van der Waals surface area contributed by atoms with Crippen molar-refractivity contribution in [2.75, 3.05) is 0 Å². The van der Waals surface area contributed by atoms with Gasteiger partial charge < -0.3 is 9.15 Å². The molecule has 4 aromatic rings. The lowest BCUT2D eigenvalue weighted by atomic mass is 10.1. The number of halogens is 1. The summed E-state index contributed by atoms with van der Waals surface area (Å²) in [4.78, 5) is 12.6. The van der Waals surface area contributed by atoms with Gasteiger partial charge in [0.05, 0.1) is 27.7 Å². The largest absolute Gasteiger partial charge is 0.449 e. The monoisotopic (exact) mass is 436 g/mol. The Labute approximate surface area is 184 Å². The summed E-state index contributed by atoms with van der Waals surface area (Å²) >= 11 is 6.22. The van der Waals surface area contributed by atoms with Crippen molar-refractivity contribution in [2.24, 2.45) is 0 Å². The first-order valence-electron chi connectivity index (χ1n) is 9.77. The maximum absolute atomic E-state index is 12.6. The molecular weight excluding hydrogens is 416 g/mol. The molecule has 7 nitrogen and oxygen atoms in total. The minimum Gasteiger partial charge on any atom is -0.449 e. The number of hydrogen-bond acceptors (Lipinski definition) is 6. The van der Waals surface area contributed by atoms with Crippen molar-refractivity contribution in [1.29, 1.82) is 0 Å². The van der Waals surface area contributed by atoms with Gasteiger partial charge in [-0.2, -0.15) is 5.10 Å². The highest BCUT2D eigenvalue weighted by atomic mass is 35.5. The molecule has 0 aliphatic carbocycles. The van der Waals surface area contributed by atoms with Crippen molar-refractivity contribution in [2.45, 2.75) is 33.8 Å². The summed E-state index contributed by atoms with van der Waals surface area (Å²) in [5, 5.41) is 13.1. The fourth-order valence-corrected chi connectivity index (χ4v) is 3.22. The first kappa shape index (κ1) is 20.8. The zero-order valence-corrected chi connectivity index (χ0v) is 18.3. The van der Waals surface area contributed by atoms with Crippen molar-refractivity contribution >= 4 is 17.6 Å². The molecule has 0 fully saturated rings. The third-order valence-corrected chi connectivity index (χ3v) is 5.47. The van der Waals surface area contributed by atoms with Crippen molar-refractivity contribution < 1.29 is 13.9 Å². The van der Waals surface area contributed by atoms with Gasteiger partial charge in [0.1, 0.15) is 0 Å². The fourth-order valence-electron chi connectivity index (χ4n) is 3.10. The number of aryl methyl sites for hydroxylation is 2. The molecule has 0 aliphatic heterocycles. The maximum atomic E-state index is 12.6. The number of aromatic nitrogens is 4. The molecule has 158 valence electrons. The van der Waals surface area contributed by atoms with Gasteiger partial charge in [0, 0.05) is 5.56 Å². The van der Waals surface area contributed by atoms with Gasteiger partial charge in [-0.15, -0.1) is 10.2 Å². The molecule has 0 saturated carbocycles. The number of carbonyl (C=O) groups is 1. The second-order valence-corrected chi connectivity index (χ2v) is 7.68. The van der Waals surface area contributed by atoms with Crippen LogP contribution in [0.5, 0.6) is 0 Å². The number of rotatable bonds is 5. The van der Waals surface area contributed by atoms with Gasteiger partial charge in [0.15, 0.2) is 6.10 Å². The molecule has 4 rings (SSSR count). The van der Waals surface area contributed by atoms with Gasteiger partial charge in [0.25, 0.3) is 5.89 Å². The molecule has 0 N–H and O–H groups in total. The summed E-state index contributed by atoms with van der Waals surface area (Å²) < 4.78 is 12.9. The Bertz CT molecular complexity index is 1230. The molecule has 0 saturated heterocycles. The van der Waals surface area contributed by atoms with E-state index in [0.29, 0.717) is 16.5 Å². The average molecular weight is 437 g/mol. The van der Waals surface area contributed by atoms with Crippen LogP contribution in [0.3, 0.4) is 0 Å². The van der Waals surface area contributed by atoms with Crippen LogP contribution in [0.25, 0.3) is 17.1 Å². The van der Waals surface area contributed by atoms with E-state index in [9.17, 15) is 4.79 Å². The first-order chi connectivity index (χ1) is 14.8. The van der Waals surface area contributed by atoms with Crippen LogP contribution in [0.4, 0.5) is 0 Å². The van der Waals surface area contributed by atoms with Gasteiger partial charge in [0.2, 0.25) is 5.89 Å². The third kappa shape index (κ3) is 4.22. The molecule has 0 amide bonds. The summed E-state index contributed by atoms with van der Waals surface area (Å²) in [5.41, 5.74) is 4.74. The summed E-state index contributed by atoms with van der Waals surface area (Å²) in [7, 11) is 0. The zero-order valence-electron chi connectivity index (χ0n) is 17.6. The van der Waals surface area contributed by atoms with Crippen molar-refractivity contribution in [3.63, 3.8) is 0 Å². The Hall–Kier alpha value is -3.45. The summed E-state index contributed by atoms with van der Waals surface area (Å²) in [6.07, 6.45) is -0.686. The van der Waals surface area contributed by atoms with Crippen LogP contribution >= 0.6 is 11.6 Å². The second kappa shape index (κ2) is 8.35. The zero-order chi connectivity index (χ0) is 22.1. The Morgan fingerprint density at radius 2 is 1.71 bits per heavy atom. The summed E-state index contributed by atoms with van der Waals surface area (Å²) in [5.74, 6) is 0.129. The van der Waals surface area contributed by atoms with Crippen LogP contribution in [0, 0.1) is 20.8 Å². The van der Waals surface area contributed by atoms with Crippen LogP contribution in [0.2, 0.25) is 5.02 Å². The van der Waals surface area contributed by atoms with Gasteiger partial charge in [-0.3, -0.25) is 0 Å². The third-order valence-electron chi connectivity index (χ3n) is 4.92. The van der Waals surface area contributed by atoms with E-state index in [0.717, 1.165) is 28.2 Å². The average Bonchev–Trinajstić information content (AvgIpc) is 3.36. The lowest BCUT2D eigenvalue weighted by molar-refractivity contribution is 0.0280. The van der Waals surface area contributed by atoms with Gasteiger partial charge in [-0.05, 0) is 64.1 Å². The lowest BCUT2D eigenvalue weighted by Gasteiger charge is -2.10. The van der Waals surface area contributed by atoms with Crippen LogP contribution in [0.1, 0.15) is 46.2 Å². The molecule has 0 bridgehead atoms. The fraction of sp³-hybridized carbons (Fsp3) is 0.217. The molecule has 2 aromatic heterocycles. The lowest BCUT2D eigenvalue weighted by Crippen LogP contribution is -2.10. The molecule has 0 aliphatic rings. The summed E-state index contributed by atoms with van der Waals surface area (Å²) in [6, 6.07) is 14.7. The van der Waals surface area contributed by atoms with Crippen LogP contribution in [-0.4, -0.2) is 25.9 Å². The number of carbonyl (C=O) groups excluding carboxylic acids is 1. The molecule has 1 unspecified atom stereocenters. The highest BCUT2D eigenvalue weighted by molar-refractivity contribution is 6.31. The summed E-state index contributed by atoms with van der Waals surface area (Å²) in [6.45, 7) is 7.43. The minimum absolute atomic E-state index is 0.234. The second-order valence-electron chi connectivity index (χ2n) is 7.30. The Morgan fingerprint density at radius 1 is 1.03 bits per heavy atom. The van der Waals surface area contributed by atoms with E-state index < -0.39 is 12.1 Å². The molecule has 2 heterocycles. The quantitative estimate of drug-likeness (QED) is 0.388. The molecule has 8 heteroatoms. The smallest absolute Gasteiger partial charge is 0.338 e. The van der Waals surface area contributed by atoms with E-state index >= 15 is 0 Å². The SMILES string of the molecule is Cc1ccc(-c2nnc(C(C)OC(=O)c3ccc(-n4nc(C)c(Cl)c4C)cc3)o2)cc1.